The molecule has 0 N–H and O–H groups in total. The van der Waals surface area contributed by atoms with Crippen molar-refractivity contribution in [3.63, 3.8) is 0 Å². The molecule has 1 amide bonds. The fourth-order valence-corrected chi connectivity index (χ4v) is 2.24. The van der Waals surface area contributed by atoms with Crippen LogP contribution in [0.15, 0.2) is 28.8 Å². The topological polar surface area (TPSA) is 91.7 Å². The predicted octanol–water partition coefficient (Wildman–Crippen LogP) is -0.494. The van der Waals surface area contributed by atoms with Crippen LogP contribution in [0, 0.1) is 0 Å². The Morgan fingerprint density at radius 3 is 2.64 bits per heavy atom. The van der Waals surface area contributed by atoms with Crippen LogP contribution in [0.2, 0.25) is 0 Å². The van der Waals surface area contributed by atoms with Gasteiger partial charge >= 0.3 is 11.6 Å². The van der Waals surface area contributed by atoms with Gasteiger partial charge in [-0.1, -0.05) is 0 Å². The van der Waals surface area contributed by atoms with Crippen molar-refractivity contribution in [1.29, 1.82) is 0 Å². The quantitative estimate of drug-likeness (QED) is 0.710. The fourth-order valence-electron chi connectivity index (χ4n) is 2.24. The molecule has 0 bridgehead atoms. The number of hydrogen-bond acceptors (Lipinski definition) is 6. The maximum Gasteiger partial charge on any atom is 0.327 e. The second kappa shape index (κ2) is 6.02. The molecule has 1 saturated heterocycles. The van der Waals surface area contributed by atoms with Gasteiger partial charge in [-0.15, -0.1) is 0 Å². The maximum atomic E-state index is 12.5. The summed E-state index contributed by atoms with van der Waals surface area (Å²) in [4.78, 5) is 14.1. The van der Waals surface area contributed by atoms with Crippen LogP contribution in [0.25, 0.3) is 5.69 Å². The monoisotopic (exact) mass is 305 g/mol. The Labute approximate surface area is 126 Å². The van der Waals surface area contributed by atoms with Crippen molar-refractivity contribution >= 4 is 5.91 Å². The summed E-state index contributed by atoms with van der Waals surface area (Å²) in [7, 11) is 1.56. The van der Waals surface area contributed by atoms with Gasteiger partial charge in [-0.3, -0.25) is 4.79 Å². The highest BCUT2D eigenvalue weighted by molar-refractivity contribution is 5.92. The molecule has 0 unspecified atom stereocenters. The van der Waals surface area contributed by atoms with Gasteiger partial charge in [-0.05, 0) is 16.8 Å². The maximum absolute atomic E-state index is 12.5. The van der Waals surface area contributed by atoms with Gasteiger partial charge in [0.15, 0.2) is 5.95 Å². The average Bonchev–Trinajstić information content (AvgIpc) is 2.96. The third-order valence-electron chi connectivity index (χ3n) is 3.43. The van der Waals surface area contributed by atoms with Crippen LogP contribution in [0.5, 0.6) is 11.7 Å². The third kappa shape index (κ3) is 2.60. The van der Waals surface area contributed by atoms with Crippen molar-refractivity contribution in [1.82, 2.24) is 10.2 Å². The number of nitrogens with zero attached hydrogens (tertiary/aromatic N) is 3. The van der Waals surface area contributed by atoms with Crippen LogP contribution in [-0.4, -0.2) is 49.5 Å². The molecular formula is C14H15N3O5. The average molecular weight is 305 g/mol. The molecule has 1 aromatic heterocycles. The summed E-state index contributed by atoms with van der Waals surface area (Å²) in [6.07, 6.45) is 0. The summed E-state index contributed by atoms with van der Waals surface area (Å²) < 4.78 is 16.2. The number of carbonyl (C=O) groups excluding carboxylic acids is 1. The van der Waals surface area contributed by atoms with Crippen LogP contribution in [0.1, 0.15) is 10.5 Å². The minimum Gasteiger partial charge on any atom is -0.538 e. The van der Waals surface area contributed by atoms with Gasteiger partial charge in [0, 0.05) is 25.2 Å². The van der Waals surface area contributed by atoms with Crippen LogP contribution in [0.4, 0.5) is 0 Å². The Balaban J connectivity index is 1.94. The molecule has 0 aliphatic carbocycles. The highest BCUT2D eigenvalue weighted by Crippen LogP contribution is 2.16. The van der Waals surface area contributed by atoms with Gasteiger partial charge in [0.05, 0.1) is 25.6 Å². The summed E-state index contributed by atoms with van der Waals surface area (Å²) >= 11 is 0. The summed E-state index contributed by atoms with van der Waals surface area (Å²) in [5.74, 6) is -0.506. The van der Waals surface area contributed by atoms with Crippen LogP contribution >= 0.6 is 0 Å². The van der Waals surface area contributed by atoms with Crippen LogP contribution < -0.4 is 14.5 Å². The molecule has 1 aliphatic heterocycles. The molecule has 8 heteroatoms. The van der Waals surface area contributed by atoms with E-state index in [0.29, 0.717) is 37.7 Å². The van der Waals surface area contributed by atoms with E-state index in [2.05, 4.69) is 9.79 Å². The van der Waals surface area contributed by atoms with Gasteiger partial charge in [0.2, 0.25) is 5.69 Å². The van der Waals surface area contributed by atoms with Crippen molar-refractivity contribution in [3.05, 3.63) is 30.0 Å². The second-order valence-corrected chi connectivity index (χ2v) is 4.72. The molecule has 0 atom stereocenters. The van der Waals surface area contributed by atoms with E-state index in [4.69, 9.17) is 9.47 Å². The first kappa shape index (κ1) is 14.3. The Morgan fingerprint density at radius 2 is 2.00 bits per heavy atom. The Morgan fingerprint density at radius 1 is 1.32 bits per heavy atom. The van der Waals surface area contributed by atoms with Crippen molar-refractivity contribution < 1.29 is 28.6 Å². The standard InChI is InChI=1S/C14H15N3O5/c1-20-11-4-2-10(3-5-11)17-12(14(19)22-15-17)13(18)16-6-8-21-9-7-16/h2-5H,6-9H2,1H3. The number of aromatic nitrogens is 2. The lowest BCUT2D eigenvalue weighted by Crippen LogP contribution is -2.47. The minimum absolute atomic E-state index is 0.118. The second-order valence-electron chi connectivity index (χ2n) is 4.72. The molecule has 8 nitrogen and oxygen atoms in total. The number of morpholine rings is 1. The van der Waals surface area contributed by atoms with E-state index >= 15 is 0 Å². The molecule has 2 heterocycles. The van der Waals surface area contributed by atoms with E-state index < -0.39 is 11.9 Å². The highest BCUT2D eigenvalue weighted by Gasteiger charge is 2.32. The summed E-state index contributed by atoms with van der Waals surface area (Å²) in [6.45, 7) is 1.78. The Hall–Kier alpha value is -2.61. The molecule has 3 rings (SSSR count). The zero-order valence-electron chi connectivity index (χ0n) is 12.0. The van der Waals surface area contributed by atoms with E-state index in [1.807, 2.05) is 0 Å². The lowest BCUT2D eigenvalue weighted by Gasteiger charge is -2.25. The molecule has 2 aromatic rings. The van der Waals surface area contributed by atoms with E-state index in [9.17, 15) is 9.90 Å². The molecule has 0 radical (unpaired) electrons. The number of rotatable bonds is 3. The molecular weight excluding hydrogens is 290 g/mol. The lowest BCUT2D eigenvalue weighted by atomic mass is 10.2. The Bertz CT molecular complexity index is 662. The molecule has 0 spiro atoms. The summed E-state index contributed by atoms with van der Waals surface area (Å²) in [5, 5.41) is 15.5. The number of ether oxygens (including phenoxy) is 2. The van der Waals surface area contributed by atoms with E-state index in [1.54, 1.807) is 36.3 Å². The predicted molar refractivity (Wildman–Crippen MR) is 70.8 cm³/mol. The van der Waals surface area contributed by atoms with Crippen LogP contribution in [-0.2, 0) is 4.74 Å². The normalized spacial score (nSPS) is 14.9. The van der Waals surface area contributed by atoms with E-state index in [-0.39, 0.29) is 5.69 Å². The van der Waals surface area contributed by atoms with Gasteiger partial charge in [0.1, 0.15) is 5.75 Å². The number of amides is 1. The number of carbonyl (C=O) groups is 1. The third-order valence-corrected chi connectivity index (χ3v) is 3.43. The van der Waals surface area contributed by atoms with Crippen molar-refractivity contribution in [2.45, 2.75) is 0 Å². The number of hydrogen-bond donors (Lipinski definition) is 0. The zero-order valence-corrected chi connectivity index (χ0v) is 12.0. The van der Waals surface area contributed by atoms with Gasteiger partial charge < -0.3 is 24.0 Å². The van der Waals surface area contributed by atoms with Crippen LogP contribution in [0.3, 0.4) is 0 Å². The van der Waals surface area contributed by atoms with E-state index in [1.165, 1.54) is 4.68 Å². The smallest absolute Gasteiger partial charge is 0.327 e. The summed E-state index contributed by atoms with van der Waals surface area (Å²) in [6, 6.07) is 6.81. The van der Waals surface area contributed by atoms with Gasteiger partial charge in [-0.2, -0.15) is 0 Å². The Kier molecular flexibility index (Phi) is 3.92. The molecule has 116 valence electrons. The number of methoxy groups -OCH3 is 1. The first-order valence-corrected chi connectivity index (χ1v) is 6.81. The molecule has 1 fully saturated rings. The van der Waals surface area contributed by atoms with Crippen molar-refractivity contribution in [3.8, 4) is 17.4 Å². The van der Waals surface area contributed by atoms with Crippen molar-refractivity contribution in [2.75, 3.05) is 33.4 Å². The molecule has 0 saturated carbocycles. The first-order valence-electron chi connectivity index (χ1n) is 6.81. The summed E-state index contributed by atoms with van der Waals surface area (Å²) in [5.41, 5.74) is 0.426. The highest BCUT2D eigenvalue weighted by atomic mass is 16.6. The van der Waals surface area contributed by atoms with E-state index in [0.717, 1.165) is 0 Å². The SMILES string of the molecule is COc1ccc(-[n+]2noc([O-])c2C(=O)N2CCOCC2)cc1. The zero-order chi connectivity index (χ0) is 15.5. The van der Waals surface area contributed by atoms with Gasteiger partial charge in [-0.25, -0.2) is 0 Å². The van der Waals surface area contributed by atoms with Gasteiger partial charge in [0.25, 0.3) is 0 Å². The van der Waals surface area contributed by atoms with Crippen molar-refractivity contribution in [2.24, 2.45) is 0 Å². The minimum atomic E-state index is -0.757. The fraction of sp³-hybridized carbons (Fsp3) is 0.357. The largest absolute Gasteiger partial charge is 0.538 e. The lowest BCUT2D eigenvalue weighted by molar-refractivity contribution is -0.672. The molecule has 22 heavy (non-hydrogen) atoms. The first-order chi connectivity index (χ1) is 10.7. The number of benzene rings is 1. The molecule has 1 aliphatic rings. The molecule has 1 aromatic carbocycles.